The molecule has 1 amide bonds. The molecule has 8 heteroatoms. The molecule has 3 N–H and O–H groups in total. The van der Waals surface area contributed by atoms with Crippen LogP contribution in [-0.2, 0) is 30.8 Å². The number of rotatable bonds is 11. The second-order valence-corrected chi connectivity index (χ2v) is 12.2. The van der Waals surface area contributed by atoms with E-state index in [1.54, 1.807) is 6.92 Å². The molecule has 0 radical (unpaired) electrons. The number of allylic oxidation sites excluding steroid dienone is 1. The van der Waals surface area contributed by atoms with E-state index in [0.717, 1.165) is 5.56 Å². The van der Waals surface area contributed by atoms with Crippen LogP contribution in [0.1, 0.15) is 58.4 Å². The average Bonchev–Trinajstić information content (AvgIpc) is 3.15. The molecule has 2 rings (SSSR count). The van der Waals surface area contributed by atoms with Crippen LogP contribution < -0.4 is 11.3 Å². The number of benzene rings is 1. The van der Waals surface area contributed by atoms with Crippen molar-refractivity contribution in [3.8, 4) is 0 Å². The summed E-state index contributed by atoms with van der Waals surface area (Å²) in [6, 6.07) is 9.25. The van der Waals surface area contributed by atoms with Gasteiger partial charge in [-0.25, -0.2) is 14.3 Å². The fourth-order valence-corrected chi connectivity index (χ4v) is 7.40. The topological polar surface area (TPSA) is 116 Å². The molecule has 0 spiro atoms. The Bertz CT molecular complexity index is 945. The first-order chi connectivity index (χ1) is 15.4. The molecule has 1 aliphatic carbocycles. The van der Waals surface area contributed by atoms with E-state index in [9.17, 15) is 18.0 Å². The molecule has 0 bridgehead atoms. The molecule has 1 fully saturated rings. The number of amides is 1. The molecule has 4 atom stereocenters. The highest BCUT2D eigenvalue weighted by molar-refractivity contribution is 7.92. The van der Waals surface area contributed by atoms with E-state index in [2.05, 4.69) is 12.0 Å². The Morgan fingerprint density at radius 3 is 2.42 bits per heavy atom. The summed E-state index contributed by atoms with van der Waals surface area (Å²) >= 11 is 0. The lowest BCUT2D eigenvalue weighted by Crippen LogP contribution is -2.52. The Kier molecular flexibility index (Phi) is 9.26. The smallest absolute Gasteiger partial charge is 0.310 e. The first-order valence-electron chi connectivity index (χ1n) is 11.5. The second-order valence-electron chi connectivity index (χ2n) is 9.83. The highest BCUT2D eigenvalue weighted by Crippen LogP contribution is 2.51. The van der Waals surface area contributed by atoms with Gasteiger partial charge in [0.25, 0.3) is 0 Å². The van der Waals surface area contributed by atoms with Gasteiger partial charge in [-0.3, -0.25) is 15.0 Å². The molecule has 2 unspecified atom stereocenters. The molecule has 7 nitrogen and oxygen atoms in total. The predicted octanol–water partition coefficient (Wildman–Crippen LogP) is 3.55. The molecule has 184 valence electrons. The molecule has 1 aromatic carbocycles. The van der Waals surface area contributed by atoms with Gasteiger partial charge in [0.2, 0.25) is 5.91 Å². The highest BCUT2D eigenvalue weighted by atomic mass is 32.2. The first kappa shape index (κ1) is 27.1. The largest absolute Gasteiger partial charge is 0.461 e. The molecular weight excluding hydrogens is 440 g/mol. The van der Waals surface area contributed by atoms with E-state index in [0.29, 0.717) is 31.3 Å². The number of carbonyl (C=O) groups is 2. The van der Waals surface area contributed by atoms with Crippen molar-refractivity contribution in [1.29, 1.82) is 0 Å². The Morgan fingerprint density at radius 1 is 1.27 bits per heavy atom. The number of esters is 1. The van der Waals surface area contributed by atoms with Crippen LogP contribution in [0.4, 0.5) is 0 Å². The number of nitrogens with two attached hydrogens (primary N) is 1. The van der Waals surface area contributed by atoms with Crippen LogP contribution in [0.3, 0.4) is 0 Å². The fraction of sp³-hybridized carbons (Fsp3) is 0.600. The summed E-state index contributed by atoms with van der Waals surface area (Å²) in [6.07, 6.45) is 3.53. The maximum absolute atomic E-state index is 13.6. The summed E-state index contributed by atoms with van der Waals surface area (Å²) in [5.74, 6) is 2.12. The number of ether oxygens (including phenoxy) is 1. The zero-order valence-corrected chi connectivity index (χ0v) is 21.0. The van der Waals surface area contributed by atoms with Crippen molar-refractivity contribution in [3.63, 3.8) is 0 Å². The monoisotopic (exact) mass is 478 g/mol. The number of hydrogen-bond donors (Lipinski definition) is 2. The quantitative estimate of drug-likeness (QED) is 0.165. The molecule has 0 saturated heterocycles. The molecular formula is C25H38N2O5S. The number of hydrogen-bond acceptors (Lipinski definition) is 6. The van der Waals surface area contributed by atoms with Crippen LogP contribution >= 0.6 is 0 Å². The van der Waals surface area contributed by atoms with Gasteiger partial charge in [0.05, 0.1) is 16.6 Å². The summed E-state index contributed by atoms with van der Waals surface area (Å²) in [5, 5.41) is 0. The predicted molar refractivity (Wildman–Crippen MR) is 129 cm³/mol. The number of hydrazine groups is 1. The summed E-state index contributed by atoms with van der Waals surface area (Å²) in [7, 11) is -3.54. The zero-order chi connectivity index (χ0) is 24.8. The van der Waals surface area contributed by atoms with Crippen molar-refractivity contribution in [2.45, 2.75) is 64.2 Å². The maximum atomic E-state index is 13.6. The minimum absolute atomic E-state index is 0.0446. The number of carbonyl (C=O) groups excluding carboxylic acids is 2. The van der Waals surface area contributed by atoms with E-state index < -0.39 is 44.2 Å². The van der Waals surface area contributed by atoms with Crippen molar-refractivity contribution in [2.24, 2.45) is 29.5 Å². The van der Waals surface area contributed by atoms with E-state index in [1.807, 2.05) is 44.2 Å². The lowest BCUT2D eigenvalue weighted by molar-refractivity contribution is -0.157. The Labute approximate surface area is 198 Å². The first-order valence-corrected chi connectivity index (χ1v) is 13.4. The van der Waals surface area contributed by atoms with Crippen molar-refractivity contribution >= 4 is 21.7 Å². The highest BCUT2D eigenvalue weighted by Gasteiger charge is 2.57. The molecule has 33 heavy (non-hydrogen) atoms. The van der Waals surface area contributed by atoms with Crippen LogP contribution in [0.5, 0.6) is 0 Å². The Hall–Kier alpha value is -2.19. The third-order valence-corrected chi connectivity index (χ3v) is 8.84. The lowest BCUT2D eigenvalue weighted by atomic mass is 9.71. The minimum Gasteiger partial charge on any atom is -0.461 e. The summed E-state index contributed by atoms with van der Waals surface area (Å²) in [4.78, 5) is 26.5. The maximum Gasteiger partial charge on any atom is 0.310 e. The summed E-state index contributed by atoms with van der Waals surface area (Å²) < 4.78 is 31.0. The normalized spacial score (nSPS) is 22.5. The van der Waals surface area contributed by atoms with E-state index in [4.69, 9.17) is 10.6 Å². The van der Waals surface area contributed by atoms with Gasteiger partial charge in [-0.05, 0) is 50.0 Å². The minimum atomic E-state index is -3.54. The van der Waals surface area contributed by atoms with Crippen molar-refractivity contribution in [1.82, 2.24) is 5.43 Å². The Morgan fingerprint density at radius 2 is 1.91 bits per heavy atom. The van der Waals surface area contributed by atoms with Crippen LogP contribution in [0.25, 0.3) is 0 Å². The van der Waals surface area contributed by atoms with Gasteiger partial charge >= 0.3 is 5.97 Å². The number of nitrogens with one attached hydrogen (secondary N) is 1. The van der Waals surface area contributed by atoms with Gasteiger partial charge in [-0.2, -0.15) is 0 Å². The standard InChI is InChI=1S/C25H38N2O5S/c1-17(2)14-20(23(28)27-26)22(24(29)32-16-19-10-7-6-8-11-19)21-12-9-13-25(21,15-18(3)4)33(5,30)31/h6-8,10-11,18,20-22H,1,9,12-16,26H2,2-5H3,(H,27,28)/t20-,21?,22+,25?/m1/s1. The van der Waals surface area contributed by atoms with Gasteiger partial charge in [0, 0.05) is 6.26 Å². The van der Waals surface area contributed by atoms with Gasteiger partial charge in [-0.15, -0.1) is 6.58 Å². The number of sulfone groups is 1. The molecule has 1 saturated carbocycles. The van der Waals surface area contributed by atoms with Crippen molar-refractivity contribution < 1.29 is 22.7 Å². The van der Waals surface area contributed by atoms with Crippen LogP contribution in [0.2, 0.25) is 0 Å². The van der Waals surface area contributed by atoms with E-state index in [-0.39, 0.29) is 18.9 Å². The zero-order valence-electron chi connectivity index (χ0n) is 20.2. The molecule has 0 aliphatic heterocycles. The van der Waals surface area contributed by atoms with Crippen LogP contribution in [-0.4, -0.2) is 31.3 Å². The third-order valence-electron chi connectivity index (χ3n) is 6.69. The molecule has 0 heterocycles. The van der Waals surface area contributed by atoms with Crippen molar-refractivity contribution in [2.75, 3.05) is 6.26 Å². The van der Waals surface area contributed by atoms with Crippen LogP contribution in [0.15, 0.2) is 42.5 Å². The van der Waals surface area contributed by atoms with Crippen LogP contribution in [0, 0.1) is 23.7 Å². The molecule has 1 aromatic rings. The molecule has 1 aliphatic rings. The van der Waals surface area contributed by atoms with Gasteiger partial charge in [0.1, 0.15) is 6.61 Å². The summed E-state index contributed by atoms with van der Waals surface area (Å²) in [6.45, 7) is 9.68. The SMILES string of the molecule is C=C(C)C[C@@H](C(=O)NN)[C@H](C(=O)OCc1ccccc1)C1CCCC1(CC(C)C)S(C)(=O)=O. The summed E-state index contributed by atoms with van der Waals surface area (Å²) in [5.41, 5.74) is 3.69. The average molecular weight is 479 g/mol. The lowest BCUT2D eigenvalue weighted by Gasteiger charge is -2.41. The van der Waals surface area contributed by atoms with Gasteiger partial charge in [0.15, 0.2) is 9.84 Å². The third kappa shape index (κ3) is 6.44. The molecule has 0 aromatic heterocycles. The Balaban J connectivity index is 2.54. The van der Waals surface area contributed by atoms with Crippen molar-refractivity contribution in [3.05, 3.63) is 48.0 Å². The van der Waals surface area contributed by atoms with Gasteiger partial charge < -0.3 is 4.74 Å². The second kappa shape index (κ2) is 11.3. The van der Waals surface area contributed by atoms with E-state index in [1.165, 1.54) is 6.26 Å². The fourth-order valence-electron chi connectivity index (χ4n) is 5.43. The van der Waals surface area contributed by atoms with E-state index >= 15 is 0 Å². The van der Waals surface area contributed by atoms with Gasteiger partial charge in [-0.1, -0.05) is 56.2 Å².